The molecule has 2 aliphatic rings. The van der Waals surface area contributed by atoms with Gasteiger partial charge in [0.15, 0.2) is 5.78 Å². The van der Waals surface area contributed by atoms with E-state index in [4.69, 9.17) is 0 Å². The van der Waals surface area contributed by atoms with Crippen LogP contribution < -0.4 is 0 Å². The van der Waals surface area contributed by atoms with E-state index in [0.29, 0.717) is 18.6 Å². The van der Waals surface area contributed by atoms with E-state index in [9.17, 15) is 9.90 Å². The normalized spacial score (nSPS) is 29.6. The summed E-state index contributed by atoms with van der Waals surface area (Å²) >= 11 is 0. The van der Waals surface area contributed by atoms with Crippen LogP contribution in [0.3, 0.4) is 0 Å². The molecule has 0 spiro atoms. The van der Waals surface area contributed by atoms with E-state index >= 15 is 0 Å². The highest BCUT2D eigenvalue weighted by atomic mass is 16.3. The maximum Gasteiger partial charge on any atom is 0.177 e. The molecule has 2 unspecified atom stereocenters. The van der Waals surface area contributed by atoms with Gasteiger partial charge in [0.2, 0.25) is 0 Å². The number of hydrogen-bond acceptors (Lipinski definition) is 3. The fourth-order valence-corrected chi connectivity index (χ4v) is 3.79. The van der Waals surface area contributed by atoms with Gasteiger partial charge in [-0.25, -0.2) is 0 Å². The Kier molecular flexibility index (Phi) is 3.65. The molecule has 3 nitrogen and oxygen atoms in total. The van der Waals surface area contributed by atoms with Crippen LogP contribution in [0.25, 0.3) is 0 Å². The van der Waals surface area contributed by atoms with Crippen molar-refractivity contribution in [3.8, 4) is 0 Å². The quantitative estimate of drug-likeness (QED) is 0.860. The Labute approximate surface area is 120 Å². The van der Waals surface area contributed by atoms with Crippen LogP contribution in [0.15, 0.2) is 18.2 Å². The smallest absolute Gasteiger partial charge is 0.177 e. The van der Waals surface area contributed by atoms with Crippen LogP contribution in [-0.2, 0) is 0 Å². The summed E-state index contributed by atoms with van der Waals surface area (Å²) in [5, 5.41) is 9.83. The molecule has 2 saturated heterocycles. The van der Waals surface area contributed by atoms with E-state index in [1.165, 1.54) is 0 Å². The number of fused-ring (bicyclic) bond motifs is 2. The monoisotopic (exact) mass is 273 g/mol. The number of benzene rings is 1. The van der Waals surface area contributed by atoms with E-state index in [1.807, 2.05) is 32.0 Å². The first-order valence-electron chi connectivity index (χ1n) is 7.59. The molecule has 2 aliphatic heterocycles. The van der Waals surface area contributed by atoms with Crippen molar-refractivity contribution in [2.75, 3.05) is 6.54 Å². The maximum absolute atomic E-state index is 12.6. The molecule has 1 N–H and O–H groups in total. The minimum Gasteiger partial charge on any atom is -0.393 e. The summed E-state index contributed by atoms with van der Waals surface area (Å²) in [7, 11) is 0. The second-order valence-corrected chi connectivity index (χ2v) is 6.42. The number of Topliss-reactive ketones (excluding diaryl/α,β-unsaturated/α-hetero) is 1. The van der Waals surface area contributed by atoms with Crippen molar-refractivity contribution in [2.45, 2.75) is 57.7 Å². The lowest BCUT2D eigenvalue weighted by atomic mass is 9.97. The molecule has 1 aromatic carbocycles. The number of nitrogens with zero attached hydrogens (tertiary/aromatic N) is 1. The van der Waals surface area contributed by atoms with Gasteiger partial charge in [-0.3, -0.25) is 9.69 Å². The van der Waals surface area contributed by atoms with Gasteiger partial charge >= 0.3 is 0 Å². The van der Waals surface area contributed by atoms with Crippen molar-refractivity contribution in [1.29, 1.82) is 0 Å². The summed E-state index contributed by atoms with van der Waals surface area (Å²) in [5.41, 5.74) is 3.05. The van der Waals surface area contributed by atoms with Crippen LogP contribution >= 0.6 is 0 Å². The predicted octanol–water partition coefficient (Wildman–Crippen LogP) is 2.47. The standard InChI is InChI=1S/C17H23NO2/c1-11-3-4-12(2)16(7-11)17(20)10-18-13-5-6-14(18)9-15(19)8-13/h3-4,7,13-15,19H,5-6,8-10H2,1-2H3. The van der Waals surface area contributed by atoms with Gasteiger partial charge in [0.05, 0.1) is 12.6 Å². The first kappa shape index (κ1) is 13.8. The molecule has 0 saturated carbocycles. The fourth-order valence-electron chi connectivity index (χ4n) is 3.79. The SMILES string of the molecule is Cc1ccc(C)c(C(=O)CN2C3CCC2CC(O)C3)c1. The molecule has 0 amide bonds. The number of hydrogen-bond donors (Lipinski definition) is 1. The summed E-state index contributed by atoms with van der Waals surface area (Å²) in [5.74, 6) is 0.222. The topological polar surface area (TPSA) is 40.5 Å². The summed E-state index contributed by atoms with van der Waals surface area (Å²) in [6, 6.07) is 6.87. The Morgan fingerprint density at radius 2 is 1.90 bits per heavy atom. The molecule has 0 aromatic heterocycles. The summed E-state index contributed by atoms with van der Waals surface area (Å²) < 4.78 is 0. The minimum absolute atomic E-state index is 0.167. The molecule has 2 bridgehead atoms. The summed E-state index contributed by atoms with van der Waals surface area (Å²) in [6.07, 6.45) is 3.75. The lowest BCUT2D eigenvalue weighted by Crippen LogP contribution is -2.46. The molecule has 0 radical (unpaired) electrons. The van der Waals surface area contributed by atoms with Gasteiger partial charge in [-0.15, -0.1) is 0 Å². The highest BCUT2D eigenvalue weighted by Crippen LogP contribution is 2.35. The Bertz CT molecular complexity index is 512. The second kappa shape index (κ2) is 5.30. The number of aliphatic hydroxyl groups is 1. The van der Waals surface area contributed by atoms with E-state index in [1.54, 1.807) is 0 Å². The fraction of sp³-hybridized carbons (Fsp3) is 0.588. The van der Waals surface area contributed by atoms with Crippen LogP contribution in [0.1, 0.15) is 47.2 Å². The molecule has 0 aliphatic carbocycles. The number of rotatable bonds is 3. The summed E-state index contributed by atoms with van der Waals surface area (Å²) in [4.78, 5) is 14.9. The first-order valence-corrected chi connectivity index (χ1v) is 7.59. The van der Waals surface area contributed by atoms with Crippen LogP contribution in [-0.4, -0.2) is 40.5 Å². The number of aliphatic hydroxyl groups excluding tert-OH is 1. The lowest BCUT2D eigenvalue weighted by Gasteiger charge is -2.36. The average molecular weight is 273 g/mol. The second-order valence-electron chi connectivity index (χ2n) is 6.42. The van der Waals surface area contributed by atoms with Crippen molar-refractivity contribution in [1.82, 2.24) is 4.90 Å². The van der Waals surface area contributed by atoms with E-state index in [0.717, 1.165) is 42.4 Å². The Balaban J connectivity index is 1.75. The van der Waals surface area contributed by atoms with Crippen molar-refractivity contribution in [3.63, 3.8) is 0 Å². The van der Waals surface area contributed by atoms with Crippen LogP contribution in [0.5, 0.6) is 0 Å². The molecule has 2 atom stereocenters. The third-order valence-electron chi connectivity index (χ3n) is 4.88. The van der Waals surface area contributed by atoms with Gasteiger partial charge in [0, 0.05) is 17.6 Å². The molecule has 2 fully saturated rings. The molecule has 1 aromatic rings. The van der Waals surface area contributed by atoms with Crippen LogP contribution in [0.2, 0.25) is 0 Å². The number of aryl methyl sites for hydroxylation is 2. The van der Waals surface area contributed by atoms with Gasteiger partial charge in [0.25, 0.3) is 0 Å². The minimum atomic E-state index is -0.167. The average Bonchev–Trinajstić information content (AvgIpc) is 2.64. The van der Waals surface area contributed by atoms with Gasteiger partial charge in [-0.1, -0.05) is 17.7 Å². The Hall–Kier alpha value is -1.19. The van der Waals surface area contributed by atoms with E-state index in [2.05, 4.69) is 4.90 Å². The van der Waals surface area contributed by atoms with E-state index in [-0.39, 0.29) is 11.9 Å². The molecule has 108 valence electrons. The first-order chi connectivity index (χ1) is 9.54. The third kappa shape index (κ3) is 2.52. The zero-order valence-electron chi connectivity index (χ0n) is 12.3. The zero-order valence-corrected chi connectivity index (χ0v) is 12.3. The largest absolute Gasteiger partial charge is 0.393 e. The highest BCUT2D eigenvalue weighted by molar-refractivity contribution is 5.99. The number of ketones is 1. The van der Waals surface area contributed by atoms with Gasteiger partial charge in [-0.05, 0) is 51.2 Å². The molecular weight excluding hydrogens is 250 g/mol. The maximum atomic E-state index is 12.6. The predicted molar refractivity (Wildman–Crippen MR) is 79.0 cm³/mol. The van der Waals surface area contributed by atoms with Gasteiger partial charge < -0.3 is 5.11 Å². The highest BCUT2D eigenvalue weighted by Gasteiger charge is 2.40. The van der Waals surface area contributed by atoms with Gasteiger partial charge in [-0.2, -0.15) is 0 Å². The van der Waals surface area contributed by atoms with Gasteiger partial charge in [0.1, 0.15) is 0 Å². The van der Waals surface area contributed by atoms with Crippen molar-refractivity contribution < 1.29 is 9.90 Å². The molecule has 3 rings (SSSR count). The number of piperidine rings is 1. The molecule has 20 heavy (non-hydrogen) atoms. The van der Waals surface area contributed by atoms with Crippen molar-refractivity contribution in [3.05, 3.63) is 34.9 Å². The zero-order chi connectivity index (χ0) is 14.3. The van der Waals surface area contributed by atoms with Crippen LogP contribution in [0.4, 0.5) is 0 Å². The Morgan fingerprint density at radius 3 is 2.55 bits per heavy atom. The Morgan fingerprint density at radius 1 is 1.25 bits per heavy atom. The lowest BCUT2D eigenvalue weighted by molar-refractivity contribution is 0.0344. The molecule has 3 heteroatoms. The van der Waals surface area contributed by atoms with Crippen molar-refractivity contribution in [2.24, 2.45) is 0 Å². The van der Waals surface area contributed by atoms with E-state index < -0.39 is 0 Å². The number of carbonyl (C=O) groups is 1. The van der Waals surface area contributed by atoms with Crippen molar-refractivity contribution >= 4 is 5.78 Å². The number of carbonyl (C=O) groups excluding carboxylic acids is 1. The molecular formula is C17H23NO2. The molecule has 2 heterocycles. The third-order valence-corrected chi connectivity index (χ3v) is 4.88. The summed E-state index contributed by atoms with van der Waals surface area (Å²) in [6.45, 7) is 4.53. The van der Waals surface area contributed by atoms with Crippen LogP contribution in [0, 0.1) is 13.8 Å².